The van der Waals surface area contributed by atoms with E-state index in [0.717, 1.165) is 90.9 Å². The fourth-order valence-electron chi connectivity index (χ4n) is 8.21. The molecule has 0 radical (unpaired) electrons. The summed E-state index contributed by atoms with van der Waals surface area (Å²) in [5.74, 6) is 0.679. The van der Waals surface area contributed by atoms with E-state index in [1.807, 2.05) is 0 Å². The van der Waals surface area contributed by atoms with Gasteiger partial charge < -0.3 is 26.2 Å². The number of rotatable bonds is 52. The average Bonchev–Trinajstić information content (AvgIpc) is 3.26. The van der Waals surface area contributed by atoms with Gasteiger partial charge in [0.2, 0.25) is 11.8 Å². The summed E-state index contributed by atoms with van der Waals surface area (Å²) >= 11 is 0. The van der Waals surface area contributed by atoms with E-state index in [0.29, 0.717) is 38.0 Å². The summed E-state index contributed by atoms with van der Waals surface area (Å²) in [5, 5.41) is 13.3. The van der Waals surface area contributed by atoms with Crippen molar-refractivity contribution in [1.82, 2.24) is 26.2 Å². The molecule has 0 saturated carbocycles. The molecular weight excluding hydrogens is 755 g/mol. The van der Waals surface area contributed by atoms with Crippen LogP contribution >= 0.6 is 0 Å². The van der Waals surface area contributed by atoms with E-state index in [-0.39, 0.29) is 11.8 Å². The number of nitrogens with one attached hydrogen (secondary N) is 4. The molecule has 0 aromatic heterocycles. The van der Waals surface area contributed by atoms with Crippen LogP contribution in [0.25, 0.3) is 0 Å². The molecule has 0 unspecified atom stereocenters. The smallest absolute Gasteiger partial charge is 0.221 e. The normalized spacial score (nSPS) is 11.5. The van der Waals surface area contributed by atoms with Gasteiger partial charge in [-0.3, -0.25) is 14.4 Å². The maximum absolute atomic E-state index is 12.8. The Morgan fingerprint density at radius 2 is 0.623 bits per heavy atom. The third kappa shape index (κ3) is 49.4. The van der Waals surface area contributed by atoms with E-state index in [1.54, 1.807) is 0 Å². The average molecular weight is 862 g/mol. The minimum absolute atomic E-state index is 0.139. The summed E-state index contributed by atoms with van der Waals surface area (Å²) in [6.07, 6.45) is 46.2. The van der Waals surface area contributed by atoms with Gasteiger partial charge in [-0.25, -0.2) is 0 Å². The van der Waals surface area contributed by atoms with Crippen molar-refractivity contribution in [3.8, 4) is 0 Å². The van der Waals surface area contributed by atoms with Gasteiger partial charge in [0.25, 0.3) is 0 Å². The van der Waals surface area contributed by atoms with Crippen LogP contribution in [0.4, 0.5) is 0 Å². The molecule has 0 aromatic carbocycles. The predicted molar refractivity (Wildman–Crippen MR) is 266 cm³/mol. The number of carbonyl (C=O) groups is 3. The molecule has 4 N–H and O–H groups in total. The van der Waals surface area contributed by atoms with E-state index in [2.05, 4.69) is 46.9 Å². The standard InChI is InChI=1S/C53H107N5O3/c1-4-7-10-13-16-19-22-23-26-29-33-38-51(59)40-48-58(49-41-53(61)57-45-37-31-28-25-21-18-15-12-9-6-3)50-47-55-43-35-32-34-42-54-46-39-52(60)56-44-36-30-27-24-20-17-14-11-8-5-2/h54-55H,4-50H2,1-3H3,(H,56,60)(H,57,61). The van der Waals surface area contributed by atoms with E-state index in [1.165, 1.54) is 180 Å². The molecule has 0 bridgehead atoms. The fourth-order valence-corrected chi connectivity index (χ4v) is 8.21. The summed E-state index contributed by atoms with van der Waals surface area (Å²) in [6.45, 7) is 14.3. The second-order valence-electron chi connectivity index (χ2n) is 18.5. The predicted octanol–water partition coefficient (Wildman–Crippen LogP) is 13.2. The van der Waals surface area contributed by atoms with Crippen LogP contribution in [0.15, 0.2) is 0 Å². The van der Waals surface area contributed by atoms with Gasteiger partial charge in [-0.15, -0.1) is 0 Å². The van der Waals surface area contributed by atoms with Crippen LogP contribution in [0.3, 0.4) is 0 Å². The molecule has 0 heterocycles. The summed E-state index contributed by atoms with van der Waals surface area (Å²) in [4.78, 5) is 40.0. The zero-order valence-electron chi connectivity index (χ0n) is 41.4. The van der Waals surface area contributed by atoms with Crippen LogP contribution in [0.5, 0.6) is 0 Å². The van der Waals surface area contributed by atoms with E-state index in [4.69, 9.17) is 0 Å². The lowest BCUT2D eigenvalue weighted by molar-refractivity contribution is -0.122. The largest absolute Gasteiger partial charge is 0.356 e. The van der Waals surface area contributed by atoms with Gasteiger partial charge in [-0.2, -0.15) is 0 Å². The Labute approximate surface area is 380 Å². The molecule has 61 heavy (non-hydrogen) atoms. The zero-order valence-corrected chi connectivity index (χ0v) is 41.4. The molecule has 0 aliphatic heterocycles. The Hall–Kier alpha value is -1.51. The van der Waals surface area contributed by atoms with Gasteiger partial charge in [0.15, 0.2) is 0 Å². The monoisotopic (exact) mass is 862 g/mol. The number of unbranched alkanes of at least 4 members (excludes halogenated alkanes) is 30. The van der Waals surface area contributed by atoms with Gasteiger partial charge in [0.1, 0.15) is 5.78 Å². The number of hydrogen-bond acceptors (Lipinski definition) is 6. The molecule has 0 rings (SSSR count). The molecule has 0 aromatic rings. The van der Waals surface area contributed by atoms with Gasteiger partial charge in [-0.05, 0) is 45.2 Å². The first kappa shape index (κ1) is 59.5. The van der Waals surface area contributed by atoms with Gasteiger partial charge in [0.05, 0.1) is 0 Å². The molecule has 8 heteroatoms. The third-order valence-corrected chi connectivity index (χ3v) is 12.5. The lowest BCUT2D eigenvalue weighted by atomic mass is 10.0. The molecule has 0 aliphatic carbocycles. The molecule has 362 valence electrons. The zero-order chi connectivity index (χ0) is 44.4. The summed E-state index contributed by atoms with van der Waals surface area (Å²) in [7, 11) is 0. The summed E-state index contributed by atoms with van der Waals surface area (Å²) < 4.78 is 0. The molecule has 0 fully saturated rings. The van der Waals surface area contributed by atoms with Crippen LogP contribution in [0.2, 0.25) is 0 Å². The van der Waals surface area contributed by atoms with Crippen molar-refractivity contribution in [1.29, 1.82) is 0 Å². The number of nitrogens with zero attached hydrogens (tertiary/aromatic N) is 1. The second kappa shape index (κ2) is 51.1. The van der Waals surface area contributed by atoms with Crippen molar-refractivity contribution in [3.05, 3.63) is 0 Å². The molecule has 8 nitrogen and oxygen atoms in total. The van der Waals surface area contributed by atoms with Crippen LogP contribution in [0, 0.1) is 0 Å². The Balaban J connectivity index is 4.15. The maximum Gasteiger partial charge on any atom is 0.221 e. The van der Waals surface area contributed by atoms with Gasteiger partial charge in [-0.1, -0.05) is 207 Å². The summed E-state index contributed by atoms with van der Waals surface area (Å²) in [6, 6.07) is 0. The minimum Gasteiger partial charge on any atom is -0.356 e. The number of hydrogen-bond donors (Lipinski definition) is 4. The van der Waals surface area contributed by atoms with Crippen LogP contribution in [0.1, 0.15) is 265 Å². The molecule has 0 atom stereocenters. The first-order chi connectivity index (χ1) is 30.0. The highest BCUT2D eigenvalue weighted by molar-refractivity contribution is 5.78. The molecule has 0 aliphatic rings. The van der Waals surface area contributed by atoms with Crippen molar-refractivity contribution in [2.24, 2.45) is 0 Å². The summed E-state index contributed by atoms with van der Waals surface area (Å²) in [5.41, 5.74) is 0. The Morgan fingerprint density at radius 3 is 1.07 bits per heavy atom. The molecule has 0 spiro atoms. The number of carbonyl (C=O) groups excluding carboxylic acids is 3. The van der Waals surface area contributed by atoms with Crippen molar-refractivity contribution in [2.75, 3.05) is 58.9 Å². The highest BCUT2D eigenvalue weighted by Crippen LogP contribution is 2.14. The molecule has 2 amide bonds. The van der Waals surface area contributed by atoms with Crippen LogP contribution in [-0.2, 0) is 14.4 Å². The first-order valence-corrected chi connectivity index (χ1v) is 27.2. The first-order valence-electron chi connectivity index (χ1n) is 27.2. The van der Waals surface area contributed by atoms with Crippen molar-refractivity contribution in [2.45, 2.75) is 265 Å². The Kier molecular flexibility index (Phi) is 49.9. The number of amides is 2. The minimum atomic E-state index is 0.139. The molecule has 0 saturated heterocycles. The topological polar surface area (TPSA) is 103 Å². The van der Waals surface area contributed by atoms with E-state index >= 15 is 0 Å². The van der Waals surface area contributed by atoms with Crippen LogP contribution < -0.4 is 21.3 Å². The van der Waals surface area contributed by atoms with E-state index < -0.39 is 0 Å². The highest BCUT2D eigenvalue weighted by atomic mass is 16.2. The van der Waals surface area contributed by atoms with Crippen molar-refractivity contribution >= 4 is 17.6 Å². The number of Topliss-reactive ketones (excluding diaryl/α,β-unsaturated/α-hetero) is 1. The Morgan fingerprint density at radius 1 is 0.295 bits per heavy atom. The highest BCUT2D eigenvalue weighted by Gasteiger charge is 2.11. The maximum atomic E-state index is 12.8. The van der Waals surface area contributed by atoms with Crippen LogP contribution in [-0.4, -0.2) is 81.4 Å². The fraction of sp³-hybridized carbons (Fsp3) is 0.943. The van der Waals surface area contributed by atoms with Gasteiger partial charge >= 0.3 is 0 Å². The molecular formula is C53H107N5O3. The number of ketones is 1. The third-order valence-electron chi connectivity index (χ3n) is 12.5. The van der Waals surface area contributed by atoms with Crippen molar-refractivity contribution in [3.63, 3.8) is 0 Å². The van der Waals surface area contributed by atoms with E-state index in [9.17, 15) is 14.4 Å². The van der Waals surface area contributed by atoms with Gasteiger partial charge in [0, 0.05) is 71.5 Å². The quantitative estimate of drug-likeness (QED) is 0.0454. The lowest BCUT2D eigenvalue weighted by Crippen LogP contribution is -2.37. The SMILES string of the molecule is CCCCCCCCCCCCCC(=O)CCN(CCNCCCCCNCCC(=O)NCCCCCCCCCCCC)CCC(=O)NCCCCCCCCCCCC. The lowest BCUT2D eigenvalue weighted by Gasteiger charge is -2.22. The second-order valence-corrected chi connectivity index (χ2v) is 18.5. The van der Waals surface area contributed by atoms with Crippen molar-refractivity contribution < 1.29 is 14.4 Å². The Bertz CT molecular complexity index is 876.